The summed E-state index contributed by atoms with van der Waals surface area (Å²) in [7, 11) is 0. The van der Waals surface area contributed by atoms with Gasteiger partial charge < -0.3 is 9.66 Å². The zero-order valence-corrected chi connectivity index (χ0v) is 30.5. The lowest BCUT2D eigenvalue weighted by Gasteiger charge is -2.19. The number of phenolic OH excluding ortho intramolecular Hbond substituents is 1. The van der Waals surface area contributed by atoms with Crippen LogP contribution in [0.2, 0.25) is 0 Å². The minimum absolute atomic E-state index is 0.144. The summed E-state index contributed by atoms with van der Waals surface area (Å²) < 4.78 is 22.0. The van der Waals surface area contributed by atoms with Crippen molar-refractivity contribution in [1.29, 1.82) is 0 Å². The summed E-state index contributed by atoms with van der Waals surface area (Å²) in [5, 5.41) is 11.5. The molecule has 3 nitrogen and oxygen atoms in total. The first kappa shape index (κ1) is 41.2. The van der Waals surface area contributed by atoms with Crippen LogP contribution in [0.15, 0.2) is 6.07 Å². The zero-order chi connectivity index (χ0) is 32.1. The Hall–Kier alpha value is -0.870. The van der Waals surface area contributed by atoms with E-state index in [1.165, 1.54) is 160 Å². The summed E-state index contributed by atoms with van der Waals surface area (Å²) in [6, 6.07) is 2.21. The Bertz CT molecular complexity index is 821. The van der Waals surface area contributed by atoms with Crippen LogP contribution >= 0.6 is 0 Å². The van der Waals surface area contributed by atoms with Gasteiger partial charge in [0.15, 0.2) is 11.1 Å². The molecule has 4 heteroatoms. The molecule has 0 aliphatic rings. The minimum atomic E-state index is -1.90. The fourth-order valence-electron chi connectivity index (χ4n) is 6.75. The Morgan fingerprint density at radius 1 is 0.455 bits per heavy atom. The molecule has 2 N–H and O–H groups in total. The predicted octanol–water partition coefficient (Wildman–Crippen LogP) is 13.3. The van der Waals surface area contributed by atoms with Gasteiger partial charge >= 0.3 is 0 Å². The molecule has 0 fully saturated rings. The molecule has 1 unspecified atom stereocenters. The molecule has 0 saturated heterocycles. The first-order chi connectivity index (χ1) is 21.5. The van der Waals surface area contributed by atoms with Gasteiger partial charge in [-0.1, -0.05) is 181 Å². The van der Waals surface area contributed by atoms with E-state index in [-0.39, 0.29) is 5.75 Å². The van der Waals surface area contributed by atoms with Crippen molar-refractivity contribution in [2.24, 2.45) is 0 Å². The highest BCUT2D eigenvalue weighted by molar-refractivity contribution is 7.78. The number of rotatable bonds is 32. The molecule has 0 amide bonds. The SMILES string of the molecule is CCCCCCCCCCCCc1cc(CCCCCCCCC)c(CS(=O)O)c(CCCCCCCCCCCC)c1O. The molecule has 258 valence electrons. The number of unbranched alkanes of at least 4 members (excludes halogenated alkanes) is 24. The first-order valence-corrected chi connectivity index (χ1v) is 20.8. The number of aryl methyl sites for hydroxylation is 2. The van der Waals surface area contributed by atoms with Crippen molar-refractivity contribution in [2.75, 3.05) is 0 Å². The fraction of sp³-hybridized carbons (Fsp3) is 0.850. The van der Waals surface area contributed by atoms with Crippen LogP contribution in [0.25, 0.3) is 0 Å². The third-order valence-corrected chi connectivity index (χ3v) is 10.1. The van der Waals surface area contributed by atoms with Crippen molar-refractivity contribution in [3.8, 4) is 5.75 Å². The van der Waals surface area contributed by atoms with Gasteiger partial charge in [-0.05, 0) is 60.8 Å². The molecule has 0 aliphatic carbocycles. The summed E-state index contributed by atoms with van der Waals surface area (Å²) in [5.74, 6) is 0.575. The molecule has 0 aromatic heterocycles. The highest BCUT2D eigenvalue weighted by atomic mass is 32.2. The molecule has 1 aromatic rings. The van der Waals surface area contributed by atoms with E-state index in [2.05, 4.69) is 26.8 Å². The van der Waals surface area contributed by atoms with Gasteiger partial charge in [-0.15, -0.1) is 0 Å². The quantitative estimate of drug-likeness (QED) is 0.0612. The van der Waals surface area contributed by atoms with E-state index in [4.69, 9.17) is 0 Å². The highest BCUT2D eigenvalue weighted by Gasteiger charge is 2.19. The summed E-state index contributed by atoms with van der Waals surface area (Å²) in [6.07, 6.45) is 37.6. The van der Waals surface area contributed by atoms with Crippen LogP contribution in [0.1, 0.15) is 216 Å². The van der Waals surface area contributed by atoms with Gasteiger partial charge in [-0.25, -0.2) is 4.21 Å². The van der Waals surface area contributed by atoms with Crippen LogP contribution < -0.4 is 0 Å². The van der Waals surface area contributed by atoms with Gasteiger partial charge in [0.1, 0.15) is 5.75 Å². The molecule has 0 heterocycles. The number of benzene rings is 1. The van der Waals surface area contributed by atoms with Crippen molar-refractivity contribution in [3.05, 3.63) is 28.3 Å². The van der Waals surface area contributed by atoms with Crippen molar-refractivity contribution < 1.29 is 13.9 Å². The normalized spacial score (nSPS) is 12.3. The number of hydrogen-bond acceptors (Lipinski definition) is 2. The molecule has 0 radical (unpaired) electrons. The second-order valence-electron chi connectivity index (χ2n) is 13.7. The molecule has 1 rings (SSSR count). The van der Waals surface area contributed by atoms with E-state index in [0.717, 1.165) is 55.2 Å². The summed E-state index contributed by atoms with van der Waals surface area (Å²) >= 11 is -1.90. The standard InChI is InChI=1S/C40H74O3S/c1-4-7-10-13-16-18-20-23-26-29-32-37-34-36(31-28-25-22-15-12-9-6-3)39(35-44(42)43)38(40(37)41)33-30-27-24-21-19-17-14-11-8-5-2/h34,41H,4-33,35H2,1-3H3,(H,42,43). The van der Waals surface area contributed by atoms with E-state index in [1.807, 2.05) is 0 Å². The molecule has 1 atom stereocenters. The zero-order valence-electron chi connectivity index (χ0n) is 29.7. The number of hydrogen-bond donors (Lipinski definition) is 2. The third kappa shape index (κ3) is 21.0. The molecule has 0 bridgehead atoms. The van der Waals surface area contributed by atoms with Crippen LogP contribution in [0.4, 0.5) is 0 Å². The first-order valence-electron chi connectivity index (χ1n) is 19.5. The lowest BCUT2D eigenvalue weighted by molar-refractivity contribution is 0.455. The average molecular weight is 635 g/mol. The Kier molecular flexibility index (Phi) is 27.6. The van der Waals surface area contributed by atoms with Gasteiger partial charge in [0.2, 0.25) is 0 Å². The van der Waals surface area contributed by atoms with Gasteiger partial charge in [0.25, 0.3) is 0 Å². The van der Waals surface area contributed by atoms with Crippen LogP contribution in [0.5, 0.6) is 5.75 Å². The van der Waals surface area contributed by atoms with Crippen LogP contribution in [0, 0.1) is 0 Å². The fourth-order valence-corrected chi connectivity index (χ4v) is 7.35. The van der Waals surface area contributed by atoms with Gasteiger partial charge in [-0.3, -0.25) is 0 Å². The monoisotopic (exact) mass is 635 g/mol. The summed E-state index contributed by atoms with van der Waals surface area (Å²) in [4.78, 5) is 0. The van der Waals surface area contributed by atoms with Crippen LogP contribution in [-0.4, -0.2) is 13.9 Å². The van der Waals surface area contributed by atoms with Crippen LogP contribution in [-0.2, 0) is 36.1 Å². The molecule has 1 aromatic carbocycles. The maximum atomic E-state index is 12.1. The highest BCUT2D eigenvalue weighted by Crippen LogP contribution is 2.34. The third-order valence-electron chi connectivity index (χ3n) is 9.59. The van der Waals surface area contributed by atoms with E-state index in [0.29, 0.717) is 5.75 Å². The summed E-state index contributed by atoms with van der Waals surface area (Å²) in [6.45, 7) is 6.81. The predicted molar refractivity (Wildman–Crippen MR) is 195 cm³/mol. The Balaban J connectivity index is 2.78. The minimum Gasteiger partial charge on any atom is -0.507 e. The van der Waals surface area contributed by atoms with E-state index in [9.17, 15) is 13.9 Å². The topological polar surface area (TPSA) is 57.5 Å². The van der Waals surface area contributed by atoms with Gasteiger partial charge in [-0.2, -0.15) is 0 Å². The molecular formula is C40H74O3S. The van der Waals surface area contributed by atoms with E-state index < -0.39 is 11.1 Å². The number of aromatic hydroxyl groups is 1. The Morgan fingerprint density at radius 3 is 1.14 bits per heavy atom. The van der Waals surface area contributed by atoms with Crippen molar-refractivity contribution in [2.45, 2.75) is 219 Å². The largest absolute Gasteiger partial charge is 0.507 e. The maximum Gasteiger partial charge on any atom is 0.157 e. The molecule has 0 saturated carbocycles. The molecular weight excluding hydrogens is 561 g/mol. The van der Waals surface area contributed by atoms with Gasteiger partial charge in [0, 0.05) is 0 Å². The van der Waals surface area contributed by atoms with Crippen LogP contribution in [0.3, 0.4) is 0 Å². The Labute approximate surface area is 277 Å². The smallest absolute Gasteiger partial charge is 0.157 e. The number of phenols is 1. The molecule has 44 heavy (non-hydrogen) atoms. The van der Waals surface area contributed by atoms with Crippen molar-refractivity contribution in [3.63, 3.8) is 0 Å². The summed E-state index contributed by atoms with van der Waals surface area (Å²) in [5.41, 5.74) is 4.26. The molecule has 0 aliphatic heterocycles. The van der Waals surface area contributed by atoms with Crippen molar-refractivity contribution >= 4 is 11.1 Å². The lowest BCUT2D eigenvalue weighted by Crippen LogP contribution is -2.07. The second kappa shape index (κ2) is 29.5. The van der Waals surface area contributed by atoms with E-state index >= 15 is 0 Å². The van der Waals surface area contributed by atoms with Gasteiger partial charge in [0.05, 0.1) is 5.75 Å². The van der Waals surface area contributed by atoms with Crippen molar-refractivity contribution in [1.82, 2.24) is 0 Å². The van der Waals surface area contributed by atoms with E-state index in [1.54, 1.807) is 0 Å². The Morgan fingerprint density at radius 2 is 0.773 bits per heavy atom. The average Bonchev–Trinajstić information content (AvgIpc) is 3.01. The second-order valence-corrected chi connectivity index (χ2v) is 14.6. The maximum absolute atomic E-state index is 12.1. The lowest BCUT2D eigenvalue weighted by atomic mass is 9.89. The molecule has 0 spiro atoms.